The van der Waals surface area contributed by atoms with Crippen molar-refractivity contribution in [2.24, 2.45) is 5.73 Å². The molecular formula is C15H16BrClN2O. The number of pyridine rings is 1. The molecule has 0 radical (unpaired) electrons. The Morgan fingerprint density at radius 3 is 2.90 bits per heavy atom. The van der Waals surface area contributed by atoms with Crippen LogP contribution in [0.4, 0.5) is 0 Å². The third kappa shape index (κ3) is 3.95. The van der Waals surface area contributed by atoms with E-state index in [1.54, 1.807) is 12.4 Å². The molecule has 0 saturated heterocycles. The average molecular weight is 356 g/mol. The fraction of sp³-hybridized carbons (Fsp3) is 0.267. The van der Waals surface area contributed by atoms with Gasteiger partial charge in [0.05, 0.1) is 11.2 Å². The minimum atomic E-state index is 0.0939. The topological polar surface area (TPSA) is 48.1 Å². The molecule has 1 heterocycles. The van der Waals surface area contributed by atoms with Crippen molar-refractivity contribution in [3.63, 3.8) is 0 Å². The van der Waals surface area contributed by atoms with Gasteiger partial charge in [0.1, 0.15) is 11.5 Å². The highest BCUT2D eigenvalue weighted by Gasteiger charge is 2.12. The highest BCUT2D eigenvalue weighted by molar-refractivity contribution is 9.10. The molecule has 1 unspecified atom stereocenters. The number of benzene rings is 1. The molecule has 2 N–H and O–H groups in total. The van der Waals surface area contributed by atoms with Crippen molar-refractivity contribution in [3.8, 4) is 11.5 Å². The highest BCUT2D eigenvalue weighted by atomic mass is 79.9. The summed E-state index contributed by atoms with van der Waals surface area (Å²) >= 11 is 9.62. The molecule has 2 rings (SSSR count). The molecule has 0 aliphatic heterocycles. The zero-order valence-corrected chi connectivity index (χ0v) is 13.5. The predicted molar refractivity (Wildman–Crippen MR) is 85.4 cm³/mol. The molecule has 1 aromatic carbocycles. The maximum Gasteiger partial charge on any atom is 0.149 e. The van der Waals surface area contributed by atoms with Crippen LogP contribution in [0.15, 0.2) is 41.1 Å². The van der Waals surface area contributed by atoms with E-state index in [1.807, 2.05) is 24.3 Å². The minimum absolute atomic E-state index is 0.0939. The van der Waals surface area contributed by atoms with Crippen LogP contribution in [0.25, 0.3) is 0 Å². The molecule has 0 fully saturated rings. The normalized spacial score (nSPS) is 12.2. The average Bonchev–Trinajstić information content (AvgIpc) is 2.42. The van der Waals surface area contributed by atoms with Gasteiger partial charge in [-0.05, 0) is 46.5 Å². The molecule has 106 valence electrons. The number of para-hydroxylation sites is 1. The summed E-state index contributed by atoms with van der Waals surface area (Å²) in [7, 11) is 0. The van der Waals surface area contributed by atoms with Gasteiger partial charge in [0, 0.05) is 16.7 Å². The Bertz CT molecular complexity index is 592. The summed E-state index contributed by atoms with van der Waals surface area (Å²) in [4.78, 5) is 4.08. The van der Waals surface area contributed by atoms with E-state index in [9.17, 15) is 0 Å². The lowest BCUT2D eigenvalue weighted by Crippen LogP contribution is -2.21. The van der Waals surface area contributed by atoms with Crippen molar-refractivity contribution in [3.05, 3.63) is 51.7 Å². The third-order valence-corrected chi connectivity index (χ3v) is 3.69. The van der Waals surface area contributed by atoms with Gasteiger partial charge in [-0.15, -0.1) is 0 Å². The molecule has 0 spiro atoms. The van der Waals surface area contributed by atoms with Crippen LogP contribution in [0.5, 0.6) is 11.5 Å². The molecule has 0 amide bonds. The summed E-state index contributed by atoms with van der Waals surface area (Å²) in [6.07, 6.45) is 4.99. The van der Waals surface area contributed by atoms with Crippen molar-refractivity contribution in [2.75, 3.05) is 0 Å². The predicted octanol–water partition coefficient (Wildman–Crippen LogP) is 4.57. The maximum absolute atomic E-state index is 6.25. The molecule has 0 aliphatic carbocycles. The summed E-state index contributed by atoms with van der Waals surface area (Å²) in [6, 6.07) is 7.65. The molecule has 1 aromatic heterocycles. The largest absolute Gasteiger partial charge is 0.454 e. The zero-order valence-electron chi connectivity index (χ0n) is 11.1. The van der Waals surface area contributed by atoms with Gasteiger partial charge in [0.25, 0.3) is 0 Å². The molecule has 0 saturated carbocycles. The van der Waals surface area contributed by atoms with Gasteiger partial charge in [0.15, 0.2) is 0 Å². The number of halogens is 2. The molecule has 3 nitrogen and oxygen atoms in total. The Morgan fingerprint density at radius 1 is 1.40 bits per heavy atom. The van der Waals surface area contributed by atoms with Gasteiger partial charge in [-0.3, -0.25) is 4.98 Å². The summed E-state index contributed by atoms with van der Waals surface area (Å²) in [5.41, 5.74) is 7.03. The zero-order chi connectivity index (χ0) is 14.5. The lowest BCUT2D eigenvalue weighted by molar-refractivity contribution is 0.470. The first kappa shape index (κ1) is 15.3. The van der Waals surface area contributed by atoms with Gasteiger partial charge in [-0.25, -0.2) is 0 Å². The first-order chi connectivity index (χ1) is 9.60. The van der Waals surface area contributed by atoms with Crippen molar-refractivity contribution in [2.45, 2.75) is 25.8 Å². The first-order valence-corrected chi connectivity index (χ1v) is 7.58. The molecule has 5 heteroatoms. The second-order valence-electron chi connectivity index (χ2n) is 4.54. The number of nitrogens with zero attached hydrogens (tertiary/aromatic N) is 1. The summed E-state index contributed by atoms with van der Waals surface area (Å²) in [6.45, 7) is 2.06. The number of ether oxygens (including phenoxy) is 1. The van der Waals surface area contributed by atoms with Gasteiger partial charge >= 0.3 is 0 Å². The number of hydrogen-bond donors (Lipinski definition) is 1. The number of rotatable bonds is 5. The SMILES string of the molecule is CCC(N)Cc1cccc(Cl)c1Oc1cncc(Br)c1. The van der Waals surface area contributed by atoms with Crippen molar-refractivity contribution in [1.29, 1.82) is 0 Å². The first-order valence-electron chi connectivity index (χ1n) is 6.41. The Hall–Kier alpha value is -1.10. The monoisotopic (exact) mass is 354 g/mol. The summed E-state index contributed by atoms with van der Waals surface area (Å²) < 4.78 is 6.74. The van der Waals surface area contributed by atoms with E-state index < -0.39 is 0 Å². The highest BCUT2D eigenvalue weighted by Crippen LogP contribution is 2.34. The van der Waals surface area contributed by atoms with Gasteiger partial charge in [0.2, 0.25) is 0 Å². The molecule has 1 atom stereocenters. The van der Waals surface area contributed by atoms with Gasteiger partial charge in [-0.2, -0.15) is 0 Å². The van der Waals surface area contributed by atoms with E-state index in [2.05, 4.69) is 27.8 Å². The Labute approximate surface area is 132 Å². The van der Waals surface area contributed by atoms with Crippen LogP contribution in [0.1, 0.15) is 18.9 Å². The Kier molecular flexibility index (Phi) is 5.40. The van der Waals surface area contributed by atoms with E-state index >= 15 is 0 Å². The quantitative estimate of drug-likeness (QED) is 0.854. The second-order valence-corrected chi connectivity index (χ2v) is 5.86. The van der Waals surface area contributed by atoms with Crippen molar-refractivity contribution < 1.29 is 4.74 Å². The summed E-state index contributed by atoms with van der Waals surface area (Å²) in [5, 5.41) is 0.575. The van der Waals surface area contributed by atoms with E-state index in [-0.39, 0.29) is 6.04 Å². The lowest BCUT2D eigenvalue weighted by atomic mass is 10.0. The smallest absolute Gasteiger partial charge is 0.149 e. The van der Waals surface area contributed by atoms with Crippen LogP contribution >= 0.6 is 27.5 Å². The van der Waals surface area contributed by atoms with E-state index in [0.29, 0.717) is 16.5 Å². The molecule has 20 heavy (non-hydrogen) atoms. The Balaban J connectivity index is 2.30. The maximum atomic E-state index is 6.25. The Morgan fingerprint density at radius 2 is 2.20 bits per heavy atom. The third-order valence-electron chi connectivity index (χ3n) is 2.95. The van der Waals surface area contributed by atoms with Gasteiger partial charge in [-0.1, -0.05) is 30.7 Å². The number of aromatic nitrogens is 1. The lowest BCUT2D eigenvalue weighted by Gasteiger charge is -2.15. The van der Waals surface area contributed by atoms with Crippen molar-refractivity contribution in [1.82, 2.24) is 4.98 Å². The number of nitrogens with two attached hydrogens (primary N) is 1. The van der Waals surface area contributed by atoms with Crippen LogP contribution in [0.3, 0.4) is 0 Å². The van der Waals surface area contributed by atoms with Crippen LogP contribution in [-0.4, -0.2) is 11.0 Å². The van der Waals surface area contributed by atoms with E-state index in [4.69, 9.17) is 22.1 Å². The van der Waals surface area contributed by atoms with Crippen LogP contribution in [0, 0.1) is 0 Å². The summed E-state index contributed by atoms with van der Waals surface area (Å²) in [5.74, 6) is 1.29. The second kappa shape index (κ2) is 7.07. The molecule has 0 bridgehead atoms. The van der Waals surface area contributed by atoms with Crippen LogP contribution < -0.4 is 10.5 Å². The minimum Gasteiger partial charge on any atom is -0.454 e. The fourth-order valence-electron chi connectivity index (χ4n) is 1.82. The van der Waals surface area contributed by atoms with E-state index in [0.717, 1.165) is 22.9 Å². The van der Waals surface area contributed by atoms with Crippen LogP contribution in [-0.2, 0) is 6.42 Å². The van der Waals surface area contributed by atoms with Gasteiger partial charge < -0.3 is 10.5 Å². The molecule has 0 aliphatic rings. The van der Waals surface area contributed by atoms with Crippen LogP contribution in [0.2, 0.25) is 5.02 Å². The van der Waals surface area contributed by atoms with Crippen molar-refractivity contribution >= 4 is 27.5 Å². The standard InChI is InChI=1S/C15H16BrClN2O/c1-2-12(18)6-10-4-3-5-14(17)15(10)20-13-7-11(16)8-19-9-13/h3-5,7-9,12H,2,6,18H2,1H3. The fourth-order valence-corrected chi connectivity index (χ4v) is 2.40. The number of hydrogen-bond acceptors (Lipinski definition) is 3. The molecular weight excluding hydrogens is 340 g/mol. The van der Waals surface area contributed by atoms with E-state index in [1.165, 1.54) is 0 Å². The molecule has 2 aromatic rings.